The number of nitrogen functional groups attached to an aromatic ring is 1. The standard InChI is InChI=1S/C21H19FN4O/c1-12-20-18(25-21(23)24-12)9-14(10-19(20)26-27)17-11-15(22)7-8-16(17)13-5-3-2-4-6-13/h2-8,11,14,27H,9-10H2,1H3,(H2,23,24,25). The molecule has 0 spiro atoms. The van der Waals surface area contributed by atoms with Gasteiger partial charge in [-0.05, 0) is 48.1 Å². The maximum absolute atomic E-state index is 14.1. The van der Waals surface area contributed by atoms with Crippen LogP contribution in [0.1, 0.15) is 34.9 Å². The monoisotopic (exact) mass is 362 g/mol. The van der Waals surface area contributed by atoms with Crippen LogP contribution in [0.15, 0.2) is 53.7 Å². The number of aryl methyl sites for hydroxylation is 1. The Labute approximate surface area is 156 Å². The second-order valence-corrected chi connectivity index (χ2v) is 6.74. The highest BCUT2D eigenvalue weighted by atomic mass is 19.1. The average Bonchev–Trinajstić information content (AvgIpc) is 2.67. The molecule has 4 rings (SSSR count). The molecule has 0 saturated carbocycles. The molecule has 5 nitrogen and oxygen atoms in total. The molecule has 3 N–H and O–H groups in total. The van der Waals surface area contributed by atoms with E-state index in [9.17, 15) is 9.60 Å². The van der Waals surface area contributed by atoms with Gasteiger partial charge in [0.05, 0.1) is 17.1 Å². The van der Waals surface area contributed by atoms with Crippen LogP contribution in [0.4, 0.5) is 10.3 Å². The molecule has 0 amide bonds. The predicted molar refractivity (Wildman–Crippen MR) is 102 cm³/mol. The molecule has 1 heterocycles. The lowest BCUT2D eigenvalue weighted by Crippen LogP contribution is -2.24. The first-order valence-electron chi connectivity index (χ1n) is 8.76. The van der Waals surface area contributed by atoms with Crippen LogP contribution in [0.3, 0.4) is 0 Å². The van der Waals surface area contributed by atoms with Crippen LogP contribution < -0.4 is 5.73 Å². The summed E-state index contributed by atoms with van der Waals surface area (Å²) in [6.07, 6.45) is 1.05. The van der Waals surface area contributed by atoms with E-state index >= 15 is 0 Å². The van der Waals surface area contributed by atoms with Crippen molar-refractivity contribution in [2.45, 2.75) is 25.7 Å². The van der Waals surface area contributed by atoms with Gasteiger partial charge in [-0.1, -0.05) is 41.6 Å². The summed E-state index contributed by atoms with van der Waals surface area (Å²) in [6, 6.07) is 14.7. The number of fused-ring (bicyclic) bond motifs is 1. The molecule has 1 atom stereocenters. The number of benzene rings is 2. The van der Waals surface area contributed by atoms with Gasteiger partial charge in [0.1, 0.15) is 5.82 Å². The number of nitrogens with zero attached hydrogens (tertiary/aromatic N) is 3. The Morgan fingerprint density at radius 1 is 1.11 bits per heavy atom. The molecule has 3 aromatic rings. The van der Waals surface area contributed by atoms with Crippen molar-refractivity contribution in [3.8, 4) is 11.1 Å². The lowest BCUT2D eigenvalue weighted by atomic mass is 9.78. The first-order valence-corrected chi connectivity index (χ1v) is 8.76. The molecule has 2 aromatic carbocycles. The molecular formula is C21H19FN4O. The number of rotatable bonds is 2. The highest BCUT2D eigenvalue weighted by Gasteiger charge is 2.30. The van der Waals surface area contributed by atoms with E-state index in [-0.39, 0.29) is 17.7 Å². The summed E-state index contributed by atoms with van der Waals surface area (Å²) >= 11 is 0. The van der Waals surface area contributed by atoms with Crippen LogP contribution in [0.2, 0.25) is 0 Å². The molecule has 0 radical (unpaired) electrons. The van der Waals surface area contributed by atoms with Crippen molar-refractivity contribution in [3.05, 3.63) is 76.9 Å². The number of anilines is 1. The zero-order chi connectivity index (χ0) is 19.0. The fourth-order valence-electron chi connectivity index (χ4n) is 3.88. The topological polar surface area (TPSA) is 84.4 Å². The van der Waals surface area contributed by atoms with Crippen molar-refractivity contribution in [2.75, 3.05) is 5.73 Å². The van der Waals surface area contributed by atoms with Crippen LogP contribution in [0.5, 0.6) is 0 Å². The first kappa shape index (κ1) is 17.1. The van der Waals surface area contributed by atoms with E-state index in [1.807, 2.05) is 37.3 Å². The van der Waals surface area contributed by atoms with Crippen molar-refractivity contribution in [1.29, 1.82) is 0 Å². The van der Waals surface area contributed by atoms with Crippen LogP contribution >= 0.6 is 0 Å². The molecule has 1 aliphatic carbocycles. The van der Waals surface area contributed by atoms with Crippen molar-refractivity contribution >= 4 is 11.7 Å². The minimum absolute atomic E-state index is 0.0805. The van der Waals surface area contributed by atoms with E-state index in [2.05, 4.69) is 15.1 Å². The Kier molecular flexibility index (Phi) is 4.32. The fourth-order valence-corrected chi connectivity index (χ4v) is 3.88. The number of hydrogen-bond donors (Lipinski definition) is 2. The Balaban J connectivity index is 1.84. The summed E-state index contributed by atoms with van der Waals surface area (Å²) < 4.78 is 14.1. The summed E-state index contributed by atoms with van der Waals surface area (Å²) in [7, 11) is 0. The molecule has 0 fully saturated rings. The quantitative estimate of drug-likeness (QED) is 0.531. The van der Waals surface area contributed by atoms with Gasteiger partial charge in [-0.25, -0.2) is 14.4 Å². The van der Waals surface area contributed by atoms with Gasteiger partial charge in [-0.3, -0.25) is 0 Å². The van der Waals surface area contributed by atoms with E-state index in [1.54, 1.807) is 12.1 Å². The van der Waals surface area contributed by atoms with Gasteiger partial charge in [0.15, 0.2) is 0 Å². The Hall–Kier alpha value is -3.28. The largest absolute Gasteiger partial charge is 0.411 e. The molecular weight excluding hydrogens is 343 g/mol. The van der Waals surface area contributed by atoms with Crippen molar-refractivity contribution in [2.24, 2.45) is 5.16 Å². The number of oxime groups is 1. The van der Waals surface area contributed by atoms with Gasteiger partial charge in [-0.2, -0.15) is 0 Å². The smallest absolute Gasteiger partial charge is 0.220 e. The minimum atomic E-state index is -0.295. The molecule has 1 aromatic heterocycles. The van der Waals surface area contributed by atoms with Crippen LogP contribution in [0, 0.1) is 12.7 Å². The number of nitrogens with two attached hydrogens (primary N) is 1. The van der Waals surface area contributed by atoms with E-state index in [0.29, 0.717) is 24.2 Å². The third-order valence-electron chi connectivity index (χ3n) is 5.01. The summed E-state index contributed by atoms with van der Waals surface area (Å²) in [5, 5.41) is 13.0. The van der Waals surface area contributed by atoms with Gasteiger partial charge >= 0.3 is 0 Å². The van der Waals surface area contributed by atoms with Gasteiger partial charge in [0.25, 0.3) is 0 Å². The van der Waals surface area contributed by atoms with Gasteiger partial charge in [0, 0.05) is 12.0 Å². The van der Waals surface area contributed by atoms with Crippen molar-refractivity contribution in [3.63, 3.8) is 0 Å². The first-order chi connectivity index (χ1) is 13.1. The van der Waals surface area contributed by atoms with Crippen LogP contribution in [-0.2, 0) is 6.42 Å². The average molecular weight is 362 g/mol. The summed E-state index contributed by atoms with van der Waals surface area (Å²) in [4.78, 5) is 8.53. The number of halogens is 1. The molecule has 1 unspecified atom stereocenters. The Morgan fingerprint density at radius 3 is 2.63 bits per heavy atom. The molecule has 136 valence electrons. The normalized spacial score (nSPS) is 17.7. The van der Waals surface area contributed by atoms with Crippen LogP contribution in [-0.4, -0.2) is 20.9 Å². The Morgan fingerprint density at radius 2 is 1.89 bits per heavy atom. The van der Waals surface area contributed by atoms with Crippen molar-refractivity contribution < 1.29 is 9.60 Å². The Bertz CT molecular complexity index is 1030. The van der Waals surface area contributed by atoms with Crippen LogP contribution in [0.25, 0.3) is 11.1 Å². The van der Waals surface area contributed by atoms with E-state index in [1.165, 1.54) is 6.07 Å². The molecule has 0 bridgehead atoms. The van der Waals surface area contributed by atoms with E-state index in [0.717, 1.165) is 27.9 Å². The predicted octanol–water partition coefficient (Wildman–Crippen LogP) is 4.08. The lowest BCUT2D eigenvalue weighted by molar-refractivity contribution is 0.316. The third kappa shape index (κ3) is 3.14. The summed E-state index contributed by atoms with van der Waals surface area (Å²) in [6.45, 7) is 1.82. The molecule has 6 heteroatoms. The second-order valence-electron chi connectivity index (χ2n) is 6.74. The maximum atomic E-state index is 14.1. The summed E-state index contributed by atoms with van der Waals surface area (Å²) in [5.41, 5.74) is 11.3. The van der Waals surface area contributed by atoms with Gasteiger partial charge < -0.3 is 10.9 Å². The molecule has 0 aliphatic heterocycles. The van der Waals surface area contributed by atoms with E-state index in [4.69, 9.17) is 5.73 Å². The summed E-state index contributed by atoms with van der Waals surface area (Å²) in [5.74, 6) is -0.189. The SMILES string of the molecule is Cc1nc(N)nc2c1C(=NO)CC(c1cc(F)ccc1-c1ccccc1)C2. The second kappa shape index (κ2) is 6.79. The van der Waals surface area contributed by atoms with E-state index < -0.39 is 0 Å². The number of aromatic nitrogens is 2. The fraction of sp³-hybridized carbons (Fsp3) is 0.190. The van der Waals surface area contributed by atoms with Crippen molar-refractivity contribution in [1.82, 2.24) is 9.97 Å². The zero-order valence-electron chi connectivity index (χ0n) is 14.9. The van der Waals surface area contributed by atoms with Gasteiger partial charge in [-0.15, -0.1) is 0 Å². The maximum Gasteiger partial charge on any atom is 0.220 e. The lowest BCUT2D eigenvalue weighted by Gasteiger charge is -2.27. The highest BCUT2D eigenvalue weighted by Crippen LogP contribution is 2.38. The number of hydrogen-bond acceptors (Lipinski definition) is 5. The minimum Gasteiger partial charge on any atom is -0.411 e. The molecule has 27 heavy (non-hydrogen) atoms. The highest BCUT2D eigenvalue weighted by molar-refractivity contribution is 6.03. The van der Waals surface area contributed by atoms with Gasteiger partial charge in [0.2, 0.25) is 5.95 Å². The zero-order valence-corrected chi connectivity index (χ0v) is 14.9. The molecule has 1 aliphatic rings. The molecule has 0 saturated heterocycles. The third-order valence-corrected chi connectivity index (χ3v) is 5.01.